The molecule has 1 aliphatic rings. The standard InChI is InChI=1S/C12H18N2O3/c1-8(15)4-5-17-12(16)11-6-9(13)7-14(11)10-2-3-10/h6-8,10,15H,2-5,13H2,1H3. The zero-order valence-corrected chi connectivity index (χ0v) is 9.93. The molecule has 3 N–H and O–H groups in total. The minimum Gasteiger partial charge on any atom is -0.461 e. The molecule has 0 saturated heterocycles. The maximum atomic E-state index is 11.8. The molecule has 0 bridgehead atoms. The monoisotopic (exact) mass is 238 g/mol. The Labute approximate surface area is 100 Å². The van der Waals surface area contributed by atoms with E-state index in [0.717, 1.165) is 12.8 Å². The Kier molecular flexibility index (Phi) is 3.38. The number of ether oxygens (including phenoxy) is 1. The molecule has 5 heteroatoms. The summed E-state index contributed by atoms with van der Waals surface area (Å²) >= 11 is 0. The SMILES string of the molecule is CC(O)CCOC(=O)c1cc(N)cn1C1CC1. The third-order valence-electron chi connectivity index (χ3n) is 2.79. The fourth-order valence-electron chi connectivity index (χ4n) is 1.72. The van der Waals surface area contributed by atoms with Crippen LogP contribution in [0.5, 0.6) is 0 Å². The van der Waals surface area contributed by atoms with Crippen molar-refractivity contribution in [1.29, 1.82) is 0 Å². The quantitative estimate of drug-likeness (QED) is 0.759. The molecule has 5 nitrogen and oxygen atoms in total. The molecular weight excluding hydrogens is 220 g/mol. The summed E-state index contributed by atoms with van der Waals surface area (Å²) < 4.78 is 6.98. The van der Waals surface area contributed by atoms with Crippen molar-refractivity contribution in [3.8, 4) is 0 Å². The number of carbonyl (C=O) groups is 1. The van der Waals surface area contributed by atoms with Crippen LogP contribution < -0.4 is 5.73 Å². The molecule has 0 aliphatic heterocycles. The van der Waals surface area contributed by atoms with Gasteiger partial charge in [0.25, 0.3) is 0 Å². The second kappa shape index (κ2) is 4.79. The highest BCUT2D eigenvalue weighted by molar-refractivity contribution is 5.89. The second-order valence-electron chi connectivity index (χ2n) is 4.57. The maximum absolute atomic E-state index is 11.8. The van der Waals surface area contributed by atoms with Gasteiger partial charge in [-0.25, -0.2) is 4.79 Å². The molecule has 17 heavy (non-hydrogen) atoms. The molecule has 1 saturated carbocycles. The van der Waals surface area contributed by atoms with Crippen LogP contribution in [0.15, 0.2) is 12.3 Å². The van der Waals surface area contributed by atoms with E-state index in [1.165, 1.54) is 0 Å². The number of nitrogens with zero attached hydrogens (tertiary/aromatic N) is 1. The molecule has 1 unspecified atom stereocenters. The van der Waals surface area contributed by atoms with E-state index >= 15 is 0 Å². The fourth-order valence-corrected chi connectivity index (χ4v) is 1.72. The van der Waals surface area contributed by atoms with Crippen molar-refractivity contribution >= 4 is 11.7 Å². The lowest BCUT2D eigenvalue weighted by Crippen LogP contribution is -2.14. The van der Waals surface area contributed by atoms with Crippen LogP contribution in [0.25, 0.3) is 0 Å². The van der Waals surface area contributed by atoms with Crippen molar-refractivity contribution in [2.24, 2.45) is 0 Å². The van der Waals surface area contributed by atoms with E-state index in [9.17, 15) is 4.79 Å². The van der Waals surface area contributed by atoms with E-state index in [4.69, 9.17) is 15.6 Å². The molecule has 1 atom stereocenters. The van der Waals surface area contributed by atoms with Gasteiger partial charge in [-0.2, -0.15) is 0 Å². The molecule has 0 amide bonds. The molecule has 1 aliphatic carbocycles. The summed E-state index contributed by atoms with van der Waals surface area (Å²) in [6.45, 7) is 1.89. The Morgan fingerprint density at radius 1 is 1.71 bits per heavy atom. The summed E-state index contributed by atoms with van der Waals surface area (Å²) in [6, 6.07) is 2.04. The number of aromatic nitrogens is 1. The average Bonchev–Trinajstić information content (AvgIpc) is 3.01. The molecule has 0 spiro atoms. The minimum absolute atomic E-state index is 0.228. The number of rotatable bonds is 5. The first-order valence-corrected chi connectivity index (χ1v) is 5.90. The summed E-state index contributed by atoms with van der Waals surface area (Å²) in [6.07, 6.45) is 3.95. The molecule has 1 aromatic heterocycles. The predicted molar refractivity (Wildman–Crippen MR) is 63.7 cm³/mol. The van der Waals surface area contributed by atoms with Crippen LogP contribution in [0.2, 0.25) is 0 Å². The fraction of sp³-hybridized carbons (Fsp3) is 0.583. The van der Waals surface area contributed by atoms with Crippen LogP contribution in [0.3, 0.4) is 0 Å². The average molecular weight is 238 g/mol. The molecule has 0 radical (unpaired) electrons. The Bertz CT molecular complexity index is 408. The van der Waals surface area contributed by atoms with E-state index < -0.39 is 6.10 Å². The van der Waals surface area contributed by atoms with E-state index in [2.05, 4.69) is 0 Å². The van der Waals surface area contributed by atoms with Gasteiger partial charge in [-0.3, -0.25) is 0 Å². The van der Waals surface area contributed by atoms with E-state index in [0.29, 0.717) is 23.8 Å². The maximum Gasteiger partial charge on any atom is 0.355 e. The summed E-state index contributed by atoms with van der Waals surface area (Å²) in [5.41, 5.74) is 6.78. The lowest BCUT2D eigenvalue weighted by Gasteiger charge is -2.08. The van der Waals surface area contributed by atoms with Crippen LogP contribution in [0.4, 0.5) is 5.69 Å². The molecule has 2 rings (SSSR count). The molecule has 0 aromatic carbocycles. The first-order valence-electron chi connectivity index (χ1n) is 5.90. The molecule has 94 valence electrons. The Morgan fingerprint density at radius 3 is 3.00 bits per heavy atom. The van der Waals surface area contributed by atoms with Crippen LogP contribution in [-0.2, 0) is 4.74 Å². The number of hydrogen-bond donors (Lipinski definition) is 2. The second-order valence-corrected chi connectivity index (χ2v) is 4.57. The minimum atomic E-state index is -0.455. The van der Waals surface area contributed by atoms with E-state index in [1.54, 1.807) is 19.2 Å². The molecule has 1 aromatic rings. The number of aliphatic hydroxyl groups excluding tert-OH is 1. The van der Waals surface area contributed by atoms with Crippen LogP contribution in [0.1, 0.15) is 42.7 Å². The van der Waals surface area contributed by atoms with Crippen molar-refractivity contribution < 1.29 is 14.6 Å². The van der Waals surface area contributed by atoms with Gasteiger partial charge in [0.15, 0.2) is 0 Å². The van der Waals surface area contributed by atoms with Crippen LogP contribution in [-0.4, -0.2) is 28.4 Å². The highest BCUT2D eigenvalue weighted by Gasteiger charge is 2.28. The van der Waals surface area contributed by atoms with Gasteiger partial charge >= 0.3 is 5.97 Å². The third-order valence-corrected chi connectivity index (χ3v) is 2.79. The zero-order valence-electron chi connectivity index (χ0n) is 9.93. The van der Waals surface area contributed by atoms with Crippen molar-refractivity contribution in [2.45, 2.75) is 38.3 Å². The van der Waals surface area contributed by atoms with Gasteiger partial charge < -0.3 is 20.1 Å². The van der Waals surface area contributed by atoms with E-state index in [-0.39, 0.29) is 12.6 Å². The zero-order chi connectivity index (χ0) is 12.4. The highest BCUT2D eigenvalue weighted by atomic mass is 16.5. The van der Waals surface area contributed by atoms with Gasteiger partial charge in [0, 0.05) is 18.7 Å². The summed E-state index contributed by atoms with van der Waals surface area (Å²) in [5, 5.41) is 9.08. The normalized spacial score (nSPS) is 16.8. The van der Waals surface area contributed by atoms with Crippen molar-refractivity contribution in [2.75, 3.05) is 12.3 Å². The number of esters is 1. The smallest absolute Gasteiger partial charge is 0.355 e. The Hall–Kier alpha value is -1.49. The third kappa shape index (κ3) is 3.00. The van der Waals surface area contributed by atoms with Gasteiger partial charge in [-0.1, -0.05) is 0 Å². The molecule has 1 fully saturated rings. The summed E-state index contributed by atoms with van der Waals surface area (Å²) in [7, 11) is 0. The number of nitrogen functional groups attached to an aromatic ring is 1. The van der Waals surface area contributed by atoms with Gasteiger partial charge in [-0.05, 0) is 25.8 Å². The topological polar surface area (TPSA) is 77.5 Å². The van der Waals surface area contributed by atoms with Gasteiger partial charge in [0.05, 0.1) is 18.4 Å². The van der Waals surface area contributed by atoms with Crippen molar-refractivity contribution in [1.82, 2.24) is 4.57 Å². The Morgan fingerprint density at radius 2 is 2.41 bits per heavy atom. The van der Waals surface area contributed by atoms with Gasteiger partial charge in [-0.15, -0.1) is 0 Å². The van der Waals surface area contributed by atoms with Crippen molar-refractivity contribution in [3.05, 3.63) is 18.0 Å². The first kappa shape index (κ1) is 12.0. The summed E-state index contributed by atoms with van der Waals surface area (Å²) in [4.78, 5) is 11.8. The number of aliphatic hydroxyl groups is 1. The number of nitrogens with two attached hydrogens (primary N) is 1. The lowest BCUT2D eigenvalue weighted by molar-refractivity contribution is 0.0432. The predicted octanol–water partition coefficient (Wildman–Crippen LogP) is 1.33. The van der Waals surface area contributed by atoms with Gasteiger partial charge in [0.1, 0.15) is 5.69 Å². The van der Waals surface area contributed by atoms with Crippen LogP contribution in [0, 0.1) is 0 Å². The van der Waals surface area contributed by atoms with Gasteiger partial charge in [0.2, 0.25) is 0 Å². The lowest BCUT2D eigenvalue weighted by atomic mass is 10.3. The number of anilines is 1. The Balaban J connectivity index is 1.98. The largest absolute Gasteiger partial charge is 0.461 e. The van der Waals surface area contributed by atoms with Crippen LogP contribution >= 0.6 is 0 Å². The first-order chi connectivity index (χ1) is 8.08. The number of hydrogen-bond acceptors (Lipinski definition) is 4. The molecular formula is C12H18N2O3. The van der Waals surface area contributed by atoms with Crippen molar-refractivity contribution in [3.63, 3.8) is 0 Å². The van der Waals surface area contributed by atoms with E-state index in [1.807, 2.05) is 4.57 Å². The number of carbonyl (C=O) groups excluding carboxylic acids is 1. The highest BCUT2D eigenvalue weighted by Crippen LogP contribution is 2.37. The molecule has 1 heterocycles. The summed E-state index contributed by atoms with van der Waals surface area (Å²) in [5.74, 6) is -0.366.